The number of halogens is 3. The molecule has 0 aromatic heterocycles. The van der Waals surface area contributed by atoms with Crippen molar-refractivity contribution in [3.05, 3.63) is 59.7 Å². The zero-order chi connectivity index (χ0) is 24.8. The van der Waals surface area contributed by atoms with Gasteiger partial charge in [0.15, 0.2) is 0 Å². The van der Waals surface area contributed by atoms with Gasteiger partial charge in [0.25, 0.3) is 0 Å². The van der Waals surface area contributed by atoms with Gasteiger partial charge in [0.05, 0.1) is 21.8 Å². The van der Waals surface area contributed by atoms with Crippen LogP contribution in [0, 0.1) is 0 Å². The number of anilines is 2. The van der Waals surface area contributed by atoms with Crippen LogP contribution < -0.4 is 10.6 Å². The molecular formula is C22H24F3N3O4S. The van der Waals surface area contributed by atoms with Crippen molar-refractivity contribution in [2.24, 2.45) is 0 Å². The van der Waals surface area contributed by atoms with Gasteiger partial charge < -0.3 is 10.6 Å². The molecule has 2 aromatic rings. The van der Waals surface area contributed by atoms with E-state index < -0.39 is 33.6 Å². The lowest BCUT2D eigenvalue weighted by Gasteiger charge is -2.18. The lowest BCUT2D eigenvalue weighted by Crippen LogP contribution is -2.30. The highest BCUT2D eigenvalue weighted by Crippen LogP contribution is 2.34. The van der Waals surface area contributed by atoms with E-state index >= 15 is 0 Å². The van der Waals surface area contributed by atoms with Crippen LogP contribution in [0.15, 0.2) is 53.4 Å². The van der Waals surface area contributed by atoms with Gasteiger partial charge in [0.2, 0.25) is 21.8 Å². The van der Waals surface area contributed by atoms with Crippen molar-refractivity contribution in [2.75, 3.05) is 23.7 Å². The van der Waals surface area contributed by atoms with E-state index in [4.69, 9.17) is 0 Å². The second kappa shape index (κ2) is 10.6. The minimum Gasteiger partial charge on any atom is -0.325 e. The zero-order valence-electron chi connectivity index (χ0n) is 18.2. The molecule has 0 aliphatic carbocycles. The van der Waals surface area contributed by atoms with Crippen LogP contribution in [0.1, 0.15) is 31.9 Å². The molecule has 0 fully saturated rings. The van der Waals surface area contributed by atoms with Crippen LogP contribution >= 0.6 is 0 Å². The fourth-order valence-electron chi connectivity index (χ4n) is 2.93. The lowest BCUT2D eigenvalue weighted by atomic mass is 10.1. The minimum absolute atomic E-state index is 0.0169. The Hall–Kier alpha value is -3.18. The molecule has 7 nitrogen and oxygen atoms in total. The van der Waals surface area contributed by atoms with E-state index in [2.05, 4.69) is 10.6 Å². The number of hydrogen-bond acceptors (Lipinski definition) is 4. The van der Waals surface area contributed by atoms with E-state index in [-0.39, 0.29) is 16.3 Å². The van der Waals surface area contributed by atoms with Gasteiger partial charge in [0, 0.05) is 26.1 Å². The van der Waals surface area contributed by atoms with E-state index in [1.165, 1.54) is 41.6 Å². The van der Waals surface area contributed by atoms with Gasteiger partial charge in [0.1, 0.15) is 0 Å². The highest BCUT2D eigenvalue weighted by Gasteiger charge is 2.31. The molecule has 0 unspecified atom stereocenters. The van der Waals surface area contributed by atoms with Crippen LogP contribution in [0.3, 0.4) is 0 Å². The van der Waals surface area contributed by atoms with Gasteiger partial charge in [-0.3, -0.25) is 9.59 Å². The van der Waals surface area contributed by atoms with E-state index in [0.717, 1.165) is 24.3 Å². The number of sulfonamides is 1. The van der Waals surface area contributed by atoms with Gasteiger partial charge in [-0.05, 0) is 42.0 Å². The van der Waals surface area contributed by atoms with Gasteiger partial charge in [-0.1, -0.05) is 26.0 Å². The van der Waals surface area contributed by atoms with E-state index in [1.54, 1.807) is 13.8 Å². The highest BCUT2D eigenvalue weighted by molar-refractivity contribution is 7.89. The predicted molar refractivity (Wildman–Crippen MR) is 120 cm³/mol. The molecule has 0 atom stereocenters. The summed E-state index contributed by atoms with van der Waals surface area (Å²) in [5.41, 5.74) is -0.672. The number of nitrogens with zero attached hydrogens (tertiary/aromatic N) is 1. The zero-order valence-corrected chi connectivity index (χ0v) is 19.0. The number of amides is 2. The molecule has 2 amide bonds. The van der Waals surface area contributed by atoms with Crippen molar-refractivity contribution in [3.8, 4) is 0 Å². The third-order valence-corrected chi connectivity index (χ3v) is 6.63. The van der Waals surface area contributed by atoms with Gasteiger partial charge >= 0.3 is 6.18 Å². The molecule has 0 radical (unpaired) electrons. The van der Waals surface area contributed by atoms with E-state index in [0.29, 0.717) is 18.7 Å². The van der Waals surface area contributed by atoms with E-state index in [1.807, 2.05) is 0 Å². The van der Waals surface area contributed by atoms with Crippen LogP contribution in [-0.4, -0.2) is 37.6 Å². The topological polar surface area (TPSA) is 95.6 Å². The Kier molecular flexibility index (Phi) is 8.39. The molecule has 0 heterocycles. The van der Waals surface area contributed by atoms with Crippen LogP contribution in [0.5, 0.6) is 0 Å². The fourth-order valence-corrected chi connectivity index (χ4v) is 4.39. The second-order valence-electron chi connectivity index (χ2n) is 6.92. The maximum absolute atomic E-state index is 13.0. The first-order valence-electron chi connectivity index (χ1n) is 9.96. The molecule has 0 aliphatic heterocycles. The molecule has 0 aliphatic rings. The Balaban J connectivity index is 2.20. The van der Waals surface area contributed by atoms with Crippen molar-refractivity contribution in [1.82, 2.24) is 4.31 Å². The molecule has 0 saturated heterocycles. The Labute approximate surface area is 190 Å². The lowest BCUT2D eigenvalue weighted by molar-refractivity contribution is -0.137. The van der Waals surface area contributed by atoms with Crippen molar-refractivity contribution < 1.29 is 31.2 Å². The number of carbonyl (C=O) groups is 2. The summed E-state index contributed by atoms with van der Waals surface area (Å²) < 4.78 is 65.4. The number of carbonyl (C=O) groups excluding carboxylic acids is 2. The smallest absolute Gasteiger partial charge is 0.325 e. The minimum atomic E-state index is -4.63. The summed E-state index contributed by atoms with van der Waals surface area (Å²) in [5, 5.41) is 4.69. The first-order chi connectivity index (χ1) is 15.4. The Morgan fingerprint density at radius 3 is 2.09 bits per heavy atom. The molecule has 0 saturated carbocycles. The third-order valence-electron chi connectivity index (χ3n) is 4.57. The Morgan fingerprint density at radius 1 is 0.970 bits per heavy atom. The van der Waals surface area contributed by atoms with Crippen LogP contribution in [0.25, 0.3) is 6.08 Å². The van der Waals surface area contributed by atoms with Crippen LogP contribution in [-0.2, 0) is 25.8 Å². The largest absolute Gasteiger partial charge is 0.416 e. The molecule has 2 rings (SSSR count). The third kappa shape index (κ3) is 6.90. The number of alkyl halides is 3. The van der Waals surface area contributed by atoms with Gasteiger partial charge in [-0.2, -0.15) is 17.5 Å². The normalized spacial score (nSPS) is 12.2. The highest BCUT2D eigenvalue weighted by atomic mass is 32.2. The maximum Gasteiger partial charge on any atom is 0.416 e. The first kappa shape index (κ1) is 26.1. The van der Waals surface area contributed by atoms with E-state index in [9.17, 15) is 31.2 Å². The van der Waals surface area contributed by atoms with Crippen molar-refractivity contribution in [3.63, 3.8) is 0 Å². The summed E-state index contributed by atoms with van der Waals surface area (Å²) in [4.78, 5) is 23.7. The summed E-state index contributed by atoms with van der Waals surface area (Å²) in [6, 6.07) is 8.41. The van der Waals surface area contributed by atoms with Gasteiger partial charge in [-0.25, -0.2) is 8.42 Å². The summed E-state index contributed by atoms with van der Waals surface area (Å²) in [5.74, 6) is -1.25. The number of nitrogens with one attached hydrogen (secondary N) is 2. The monoisotopic (exact) mass is 483 g/mol. The average Bonchev–Trinajstić information content (AvgIpc) is 2.73. The number of rotatable bonds is 8. The summed E-state index contributed by atoms with van der Waals surface area (Å²) >= 11 is 0. The summed E-state index contributed by atoms with van der Waals surface area (Å²) in [6.45, 7) is 5.32. The van der Waals surface area contributed by atoms with Crippen molar-refractivity contribution in [2.45, 2.75) is 31.8 Å². The van der Waals surface area contributed by atoms with Crippen LogP contribution in [0.4, 0.5) is 24.5 Å². The SMILES string of the molecule is CCN(CC)S(=O)(=O)c1ccc(/C=C/C(=O)Nc2cc(C(F)(F)F)ccc2NC(C)=O)cc1. The maximum atomic E-state index is 13.0. The second-order valence-corrected chi connectivity index (χ2v) is 8.86. The van der Waals surface area contributed by atoms with Gasteiger partial charge in [-0.15, -0.1) is 0 Å². The molecule has 0 bridgehead atoms. The molecule has 2 aromatic carbocycles. The first-order valence-corrected chi connectivity index (χ1v) is 11.4. The Bertz CT molecular complexity index is 1140. The molecule has 178 valence electrons. The predicted octanol–water partition coefficient (Wildman–Crippen LogP) is 4.35. The average molecular weight is 484 g/mol. The fraction of sp³-hybridized carbons (Fsp3) is 0.273. The molecule has 0 spiro atoms. The Morgan fingerprint density at radius 2 is 1.58 bits per heavy atom. The van der Waals surface area contributed by atoms with Crippen LogP contribution in [0.2, 0.25) is 0 Å². The van der Waals surface area contributed by atoms with Crippen molar-refractivity contribution in [1.29, 1.82) is 0 Å². The standard InChI is InChI=1S/C22H24F3N3O4S/c1-4-28(5-2)33(31,32)18-10-6-16(7-11-18)8-13-21(30)27-20-14-17(22(23,24)25)9-12-19(20)26-15(3)29/h6-14H,4-5H2,1-3H3,(H,26,29)(H,27,30)/b13-8+. The summed E-state index contributed by atoms with van der Waals surface area (Å²) in [7, 11) is -3.62. The molecule has 33 heavy (non-hydrogen) atoms. The van der Waals surface area contributed by atoms with Crippen molar-refractivity contribution >= 4 is 39.3 Å². The number of benzene rings is 2. The quantitative estimate of drug-likeness (QED) is 0.546. The molecule has 2 N–H and O–H groups in total. The summed E-state index contributed by atoms with van der Waals surface area (Å²) in [6.07, 6.45) is -2.15. The molecular weight excluding hydrogens is 459 g/mol. The number of hydrogen-bond donors (Lipinski definition) is 2. The molecule has 11 heteroatoms.